The van der Waals surface area contributed by atoms with Crippen LogP contribution in [0.15, 0.2) is 23.1 Å². The number of likely N-dealkylation sites (N-methyl/N-ethyl adjacent to an activating group) is 1. The first kappa shape index (κ1) is 13.6. The molecule has 0 spiro atoms. The Kier molecular flexibility index (Phi) is 4.93. The van der Waals surface area contributed by atoms with Gasteiger partial charge < -0.3 is 14.6 Å². The summed E-state index contributed by atoms with van der Waals surface area (Å²) in [4.78, 5) is 12.4. The third-order valence-corrected chi connectivity index (χ3v) is 2.54. The van der Waals surface area contributed by atoms with Gasteiger partial charge >= 0.3 is 0 Å². The van der Waals surface area contributed by atoms with Crippen molar-refractivity contribution in [2.75, 3.05) is 20.3 Å². The zero-order valence-corrected chi connectivity index (χ0v) is 11.0. The van der Waals surface area contributed by atoms with Crippen molar-refractivity contribution in [2.45, 2.75) is 19.4 Å². The lowest BCUT2D eigenvalue weighted by molar-refractivity contribution is 0.162. The molecule has 0 fully saturated rings. The highest BCUT2D eigenvalue weighted by Gasteiger charge is 2.15. The van der Waals surface area contributed by atoms with Crippen LogP contribution >= 0.6 is 0 Å². The number of methoxy groups -OCH3 is 1. The molecule has 0 amide bonds. The number of rotatable bonds is 7. The van der Waals surface area contributed by atoms with Crippen LogP contribution in [0.2, 0.25) is 0 Å². The summed E-state index contributed by atoms with van der Waals surface area (Å²) in [5, 5.41) is 7.20. The van der Waals surface area contributed by atoms with Gasteiger partial charge in [-0.05, 0) is 6.54 Å². The summed E-state index contributed by atoms with van der Waals surface area (Å²) in [6.07, 6.45) is 5.42. The minimum absolute atomic E-state index is 0.158. The van der Waals surface area contributed by atoms with Gasteiger partial charge in [0.1, 0.15) is 5.69 Å². The van der Waals surface area contributed by atoms with Gasteiger partial charge in [0.2, 0.25) is 11.7 Å². The minimum Gasteiger partial charge on any atom is -0.383 e. The molecule has 0 saturated heterocycles. The molecule has 0 aliphatic rings. The second kappa shape index (κ2) is 6.91. The van der Waals surface area contributed by atoms with E-state index in [0.29, 0.717) is 30.4 Å². The number of nitrogens with one attached hydrogen (secondary N) is 1. The van der Waals surface area contributed by atoms with Gasteiger partial charge in [0.25, 0.3) is 0 Å². The lowest BCUT2D eigenvalue weighted by Crippen LogP contribution is -2.35. The van der Waals surface area contributed by atoms with Crippen molar-refractivity contribution >= 4 is 0 Å². The lowest BCUT2D eigenvalue weighted by Gasteiger charge is -2.14. The Morgan fingerprint density at radius 2 is 2.32 bits per heavy atom. The van der Waals surface area contributed by atoms with E-state index >= 15 is 0 Å². The van der Waals surface area contributed by atoms with Crippen molar-refractivity contribution in [1.82, 2.24) is 25.4 Å². The van der Waals surface area contributed by atoms with Crippen molar-refractivity contribution < 1.29 is 9.26 Å². The Balaban J connectivity index is 2.04. The second-order valence-corrected chi connectivity index (χ2v) is 4.02. The largest absolute Gasteiger partial charge is 0.383 e. The molecule has 102 valence electrons. The molecule has 1 atom stereocenters. The maximum Gasteiger partial charge on any atom is 0.228 e. The van der Waals surface area contributed by atoms with Crippen LogP contribution in [0.4, 0.5) is 0 Å². The Hall–Kier alpha value is -1.86. The Labute approximate surface area is 111 Å². The van der Waals surface area contributed by atoms with E-state index in [9.17, 15) is 0 Å². The van der Waals surface area contributed by atoms with E-state index in [4.69, 9.17) is 9.26 Å². The van der Waals surface area contributed by atoms with Crippen LogP contribution in [0.3, 0.4) is 0 Å². The fraction of sp³-hybridized carbons (Fsp3) is 0.500. The molecule has 0 saturated carbocycles. The highest BCUT2D eigenvalue weighted by Crippen LogP contribution is 2.11. The third-order valence-electron chi connectivity index (χ3n) is 2.54. The summed E-state index contributed by atoms with van der Waals surface area (Å²) >= 11 is 0. The molecule has 0 aliphatic carbocycles. The molecule has 0 aliphatic heterocycles. The molecule has 1 N–H and O–H groups in total. The SMILES string of the molecule is CCNC(COC)Cc1nc(-c2cnccn2)no1. The van der Waals surface area contributed by atoms with Crippen LogP contribution < -0.4 is 5.32 Å². The summed E-state index contributed by atoms with van der Waals surface area (Å²) < 4.78 is 10.4. The standard InChI is InChI=1S/C12H17N5O2/c1-3-14-9(8-18-2)6-11-16-12(17-19-11)10-7-13-4-5-15-10/h4-5,7,9,14H,3,6,8H2,1-2H3. The molecule has 0 bridgehead atoms. The first-order valence-corrected chi connectivity index (χ1v) is 6.14. The van der Waals surface area contributed by atoms with Crippen molar-refractivity contribution in [2.24, 2.45) is 0 Å². The normalized spacial score (nSPS) is 12.5. The van der Waals surface area contributed by atoms with E-state index in [1.807, 2.05) is 6.92 Å². The van der Waals surface area contributed by atoms with Crippen LogP contribution in [0.25, 0.3) is 11.5 Å². The topological polar surface area (TPSA) is 86.0 Å². The number of hydrogen-bond donors (Lipinski definition) is 1. The summed E-state index contributed by atoms with van der Waals surface area (Å²) in [5.41, 5.74) is 0.601. The molecule has 7 nitrogen and oxygen atoms in total. The van der Waals surface area contributed by atoms with Gasteiger partial charge in [-0.3, -0.25) is 4.98 Å². The van der Waals surface area contributed by atoms with Gasteiger partial charge in [0.15, 0.2) is 0 Å². The first-order valence-electron chi connectivity index (χ1n) is 6.14. The van der Waals surface area contributed by atoms with Crippen molar-refractivity contribution in [3.8, 4) is 11.5 Å². The molecular weight excluding hydrogens is 246 g/mol. The maximum absolute atomic E-state index is 5.22. The molecule has 2 aromatic rings. The third kappa shape index (κ3) is 3.80. The molecule has 2 heterocycles. The van der Waals surface area contributed by atoms with Gasteiger partial charge in [0, 0.05) is 32.0 Å². The van der Waals surface area contributed by atoms with Gasteiger partial charge in [-0.15, -0.1) is 0 Å². The van der Waals surface area contributed by atoms with Gasteiger partial charge in [-0.25, -0.2) is 4.98 Å². The molecule has 1 unspecified atom stereocenters. The van der Waals surface area contributed by atoms with Crippen LogP contribution in [0, 0.1) is 0 Å². The number of hydrogen-bond acceptors (Lipinski definition) is 7. The molecule has 2 rings (SSSR count). The molecule has 19 heavy (non-hydrogen) atoms. The zero-order valence-electron chi connectivity index (χ0n) is 11.0. The van der Waals surface area contributed by atoms with Crippen molar-refractivity contribution in [3.05, 3.63) is 24.5 Å². The maximum atomic E-state index is 5.22. The highest BCUT2D eigenvalue weighted by atomic mass is 16.5. The molecule has 7 heteroatoms. The quantitative estimate of drug-likeness (QED) is 0.786. The summed E-state index contributed by atoms with van der Waals surface area (Å²) in [6, 6.07) is 0.158. The average Bonchev–Trinajstić information content (AvgIpc) is 2.89. The summed E-state index contributed by atoms with van der Waals surface area (Å²) in [5.74, 6) is 1.01. The van der Waals surface area contributed by atoms with Gasteiger partial charge in [0.05, 0.1) is 12.8 Å². The van der Waals surface area contributed by atoms with Crippen LogP contribution in [0.5, 0.6) is 0 Å². The first-order chi connectivity index (χ1) is 9.33. The predicted molar refractivity (Wildman–Crippen MR) is 68.4 cm³/mol. The molecule has 2 aromatic heterocycles. The van der Waals surface area contributed by atoms with E-state index in [2.05, 4.69) is 25.4 Å². The summed E-state index contributed by atoms with van der Waals surface area (Å²) in [6.45, 7) is 3.50. The number of nitrogens with zero attached hydrogens (tertiary/aromatic N) is 4. The number of ether oxygens (including phenoxy) is 1. The molecular formula is C12H17N5O2. The predicted octanol–water partition coefficient (Wildman–Crippen LogP) is 0.694. The second-order valence-electron chi connectivity index (χ2n) is 4.02. The average molecular weight is 263 g/mol. The van der Waals surface area contributed by atoms with Crippen LogP contribution in [-0.4, -0.2) is 46.4 Å². The van der Waals surface area contributed by atoms with Crippen molar-refractivity contribution in [1.29, 1.82) is 0 Å². The number of aromatic nitrogens is 4. The zero-order chi connectivity index (χ0) is 13.5. The van der Waals surface area contributed by atoms with Crippen molar-refractivity contribution in [3.63, 3.8) is 0 Å². The molecule has 0 aromatic carbocycles. The van der Waals surface area contributed by atoms with Gasteiger partial charge in [-0.1, -0.05) is 12.1 Å². The smallest absolute Gasteiger partial charge is 0.228 e. The fourth-order valence-corrected chi connectivity index (χ4v) is 1.75. The van der Waals surface area contributed by atoms with Gasteiger partial charge in [-0.2, -0.15) is 4.98 Å². The van der Waals surface area contributed by atoms with E-state index in [1.165, 1.54) is 0 Å². The Morgan fingerprint density at radius 1 is 1.42 bits per heavy atom. The van der Waals surface area contributed by atoms with E-state index in [-0.39, 0.29) is 6.04 Å². The Morgan fingerprint density at radius 3 is 3.00 bits per heavy atom. The van der Waals surface area contributed by atoms with Crippen LogP contribution in [0.1, 0.15) is 12.8 Å². The Bertz CT molecular complexity index is 482. The molecule has 0 radical (unpaired) electrons. The summed E-state index contributed by atoms with van der Waals surface area (Å²) in [7, 11) is 1.67. The van der Waals surface area contributed by atoms with E-state index < -0.39 is 0 Å². The van der Waals surface area contributed by atoms with Crippen LogP contribution in [-0.2, 0) is 11.2 Å². The monoisotopic (exact) mass is 263 g/mol. The van der Waals surface area contributed by atoms with E-state index in [0.717, 1.165) is 6.54 Å². The lowest BCUT2D eigenvalue weighted by atomic mass is 10.2. The van der Waals surface area contributed by atoms with E-state index in [1.54, 1.807) is 25.7 Å². The minimum atomic E-state index is 0.158. The fourth-order valence-electron chi connectivity index (χ4n) is 1.75. The highest BCUT2D eigenvalue weighted by molar-refractivity contribution is 5.45.